The van der Waals surface area contributed by atoms with Crippen LogP contribution in [0.25, 0.3) is 0 Å². The maximum Gasteiger partial charge on any atom is 0.151 e. The van der Waals surface area contributed by atoms with Crippen molar-refractivity contribution in [2.75, 3.05) is 18.0 Å². The number of aromatic nitrogens is 2. The smallest absolute Gasteiger partial charge is 0.151 e. The van der Waals surface area contributed by atoms with Gasteiger partial charge in [0.15, 0.2) is 5.82 Å². The number of halogens is 1. The van der Waals surface area contributed by atoms with E-state index < -0.39 is 5.92 Å². The molecule has 106 valence electrons. The van der Waals surface area contributed by atoms with Crippen molar-refractivity contribution in [3.05, 3.63) is 52.7 Å². The molecule has 0 bridgehead atoms. The van der Waals surface area contributed by atoms with Gasteiger partial charge in [-0.2, -0.15) is 10.4 Å². The Bertz CT molecular complexity index is 639. The highest BCUT2D eigenvalue weighted by molar-refractivity contribution is 6.30. The minimum absolute atomic E-state index is 0.414. The standard InChI is InChI=1S/C16H15ClN4/c17-13-5-3-12(4-6-13)14(11-18)15-7-8-16(20-19-15)21-9-1-2-10-21/h3-8,14H,1-2,9-10H2. The Hall–Kier alpha value is -2.12. The fraction of sp³-hybridized carbons (Fsp3) is 0.312. The molecule has 0 spiro atoms. The lowest BCUT2D eigenvalue weighted by Crippen LogP contribution is -2.19. The summed E-state index contributed by atoms with van der Waals surface area (Å²) in [4.78, 5) is 2.22. The van der Waals surface area contributed by atoms with Crippen molar-refractivity contribution in [3.8, 4) is 6.07 Å². The first kappa shape index (κ1) is 13.8. The predicted molar refractivity (Wildman–Crippen MR) is 82.4 cm³/mol. The summed E-state index contributed by atoms with van der Waals surface area (Å²) in [6.07, 6.45) is 2.41. The van der Waals surface area contributed by atoms with E-state index in [-0.39, 0.29) is 0 Å². The van der Waals surface area contributed by atoms with Crippen LogP contribution < -0.4 is 4.90 Å². The average molecular weight is 299 g/mol. The topological polar surface area (TPSA) is 52.8 Å². The molecule has 0 N–H and O–H groups in total. The van der Waals surface area contributed by atoms with E-state index in [1.54, 1.807) is 12.1 Å². The molecule has 1 aromatic heterocycles. The Kier molecular flexibility index (Phi) is 4.03. The Morgan fingerprint density at radius 3 is 2.33 bits per heavy atom. The van der Waals surface area contributed by atoms with E-state index >= 15 is 0 Å². The fourth-order valence-corrected chi connectivity index (χ4v) is 2.70. The lowest BCUT2D eigenvalue weighted by atomic mass is 9.97. The quantitative estimate of drug-likeness (QED) is 0.871. The van der Waals surface area contributed by atoms with Crippen LogP contribution in [0.2, 0.25) is 5.02 Å². The molecule has 1 aliphatic heterocycles. The summed E-state index contributed by atoms with van der Waals surface area (Å²) in [6.45, 7) is 2.07. The van der Waals surface area contributed by atoms with Crippen LogP contribution in [-0.2, 0) is 0 Å². The molecule has 5 heteroatoms. The van der Waals surface area contributed by atoms with Crippen molar-refractivity contribution in [1.82, 2.24) is 10.2 Å². The Balaban J connectivity index is 1.84. The highest BCUT2D eigenvalue weighted by Gasteiger charge is 2.18. The molecule has 1 unspecified atom stereocenters. The molecule has 0 saturated carbocycles. The van der Waals surface area contributed by atoms with Gasteiger partial charge in [-0.3, -0.25) is 0 Å². The lowest BCUT2D eigenvalue weighted by Gasteiger charge is -2.16. The van der Waals surface area contributed by atoms with Crippen molar-refractivity contribution >= 4 is 17.4 Å². The molecule has 0 radical (unpaired) electrons. The van der Waals surface area contributed by atoms with Gasteiger partial charge >= 0.3 is 0 Å². The maximum atomic E-state index is 9.42. The number of hydrogen-bond acceptors (Lipinski definition) is 4. The second-order valence-corrected chi connectivity index (χ2v) is 5.56. The largest absolute Gasteiger partial charge is 0.355 e. The third-order valence-electron chi connectivity index (χ3n) is 3.73. The first-order chi connectivity index (χ1) is 10.3. The molecule has 3 rings (SSSR count). The fourth-order valence-electron chi connectivity index (χ4n) is 2.57. The maximum absolute atomic E-state index is 9.42. The van der Waals surface area contributed by atoms with E-state index in [0.717, 1.165) is 24.5 Å². The van der Waals surface area contributed by atoms with Gasteiger partial charge in [-0.25, -0.2) is 0 Å². The molecule has 0 amide bonds. The molecule has 1 aromatic carbocycles. The van der Waals surface area contributed by atoms with Crippen LogP contribution in [0.1, 0.15) is 30.0 Å². The van der Waals surface area contributed by atoms with E-state index in [0.29, 0.717) is 10.7 Å². The second-order valence-electron chi connectivity index (χ2n) is 5.12. The van der Waals surface area contributed by atoms with Crippen LogP contribution in [0.3, 0.4) is 0 Å². The number of nitrogens with zero attached hydrogens (tertiary/aromatic N) is 4. The van der Waals surface area contributed by atoms with Crippen molar-refractivity contribution < 1.29 is 0 Å². The van der Waals surface area contributed by atoms with Crippen LogP contribution in [-0.4, -0.2) is 23.3 Å². The Morgan fingerprint density at radius 2 is 1.76 bits per heavy atom. The van der Waals surface area contributed by atoms with E-state index in [4.69, 9.17) is 11.6 Å². The highest BCUT2D eigenvalue weighted by atomic mass is 35.5. The summed E-state index contributed by atoms with van der Waals surface area (Å²) in [5.74, 6) is 0.478. The molecular weight excluding hydrogens is 284 g/mol. The van der Waals surface area contributed by atoms with Gasteiger partial charge in [0.25, 0.3) is 0 Å². The number of hydrogen-bond donors (Lipinski definition) is 0. The number of nitriles is 1. The zero-order chi connectivity index (χ0) is 14.7. The van der Waals surface area contributed by atoms with Crippen molar-refractivity contribution in [2.45, 2.75) is 18.8 Å². The van der Waals surface area contributed by atoms with E-state index in [9.17, 15) is 5.26 Å². The molecule has 2 heterocycles. The zero-order valence-corrected chi connectivity index (χ0v) is 12.3. The van der Waals surface area contributed by atoms with Crippen LogP contribution in [0, 0.1) is 11.3 Å². The summed E-state index contributed by atoms with van der Waals surface area (Å²) in [5.41, 5.74) is 1.55. The SMILES string of the molecule is N#CC(c1ccc(Cl)cc1)c1ccc(N2CCCC2)nn1. The summed E-state index contributed by atoms with van der Waals surface area (Å²) in [7, 11) is 0. The number of rotatable bonds is 3. The summed E-state index contributed by atoms with van der Waals surface area (Å²) in [6, 6.07) is 13.4. The van der Waals surface area contributed by atoms with Gasteiger partial charge in [0.1, 0.15) is 5.92 Å². The van der Waals surface area contributed by atoms with Gasteiger partial charge in [0.2, 0.25) is 0 Å². The van der Waals surface area contributed by atoms with Gasteiger partial charge in [-0.15, -0.1) is 5.10 Å². The molecule has 1 aliphatic rings. The first-order valence-electron chi connectivity index (χ1n) is 7.01. The molecule has 0 aliphatic carbocycles. The third kappa shape index (κ3) is 2.98. The van der Waals surface area contributed by atoms with E-state index in [1.165, 1.54) is 12.8 Å². The first-order valence-corrected chi connectivity index (χ1v) is 7.39. The lowest BCUT2D eigenvalue weighted by molar-refractivity contribution is 0.844. The van der Waals surface area contributed by atoms with Gasteiger partial charge in [-0.05, 0) is 42.7 Å². The van der Waals surface area contributed by atoms with Crippen molar-refractivity contribution in [3.63, 3.8) is 0 Å². The Morgan fingerprint density at radius 1 is 1.05 bits per heavy atom. The second kappa shape index (κ2) is 6.11. The molecule has 1 saturated heterocycles. The van der Waals surface area contributed by atoms with Crippen molar-refractivity contribution in [1.29, 1.82) is 5.26 Å². The molecule has 2 aromatic rings. The number of anilines is 1. The molecule has 4 nitrogen and oxygen atoms in total. The normalized spacial score (nSPS) is 15.7. The summed E-state index contributed by atoms with van der Waals surface area (Å²) in [5, 5.41) is 18.6. The van der Waals surface area contributed by atoms with E-state index in [2.05, 4.69) is 21.2 Å². The van der Waals surface area contributed by atoms with Crippen LogP contribution >= 0.6 is 11.6 Å². The van der Waals surface area contributed by atoms with Gasteiger partial charge < -0.3 is 4.90 Å². The minimum Gasteiger partial charge on any atom is -0.355 e. The molecule has 21 heavy (non-hydrogen) atoms. The van der Waals surface area contributed by atoms with Crippen LogP contribution in [0.15, 0.2) is 36.4 Å². The zero-order valence-electron chi connectivity index (χ0n) is 11.5. The van der Waals surface area contributed by atoms with E-state index in [1.807, 2.05) is 24.3 Å². The monoisotopic (exact) mass is 298 g/mol. The third-order valence-corrected chi connectivity index (χ3v) is 3.98. The highest BCUT2D eigenvalue weighted by Crippen LogP contribution is 2.25. The predicted octanol–water partition coefficient (Wildman–Crippen LogP) is 3.39. The van der Waals surface area contributed by atoms with Crippen molar-refractivity contribution in [2.24, 2.45) is 0 Å². The number of benzene rings is 1. The van der Waals surface area contributed by atoms with Crippen LogP contribution in [0.5, 0.6) is 0 Å². The van der Waals surface area contributed by atoms with Gasteiger partial charge in [0.05, 0.1) is 11.8 Å². The molecule has 1 fully saturated rings. The average Bonchev–Trinajstić information content (AvgIpc) is 3.05. The van der Waals surface area contributed by atoms with Gasteiger partial charge in [-0.1, -0.05) is 23.7 Å². The molecular formula is C16H15ClN4. The van der Waals surface area contributed by atoms with Crippen LogP contribution in [0.4, 0.5) is 5.82 Å². The minimum atomic E-state index is -0.414. The summed E-state index contributed by atoms with van der Waals surface area (Å²) >= 11 is 5.88. The summed E-state index contributed by atoms with van der Waals surface area (Å²) < 4.78 is 0. The Labute approximate surface area is 129 Å². The molecule has 1 atom stereocenters. The van der Waals surface area contributed by atoms with Gasteiger partial charge in [0, 0.05) is 18.1 Å².